The molecule has 7 heteroatoms. The summed E-state index contributed by atoms with van der Waals surface area (Å²) in [4.78, 5) is 0. The molecule has 0 spiro atoms. The van der Waals surface area contributed by atoms with Crippen molar-refractivity contribution < 1.29 is 33.9 Å². The largest absolute Gasteiger partial charge is 0.231 e. The predicted octanol–water partition coefficient (Wildman–Crippen LogP) is -4.32. The van der Waals surface area contributed by atoms with Gasteiger partial charge in [0.2, 0.25) is 0 Å². The summed E-state index contributed by atoms with van der Waals surface area (Å²) in [6.45, 7) is 1.19. The second-order valence-corrected chi connectivity index (χ2v) is 5.33. The molecule has 0 aromatic carbocycles. The third-order valence-electron chi connectivity index (χ3n) is 3.30. The number of nitrogens with zero attached hydrogens (tertiary/aromatic N) is 1. The van der Waals surface area contributed by atoms with Crippen LogP contribution in [-0.4, -0.2) is 25.6 Å². The molecule has 0 aromatic rings. The molecule has 0 bridgehead atoms. The molecule has 0 radical (unpaired) electrons. The average molecular weight is 267 g/mol. The molecule has 6 nitrogen and oxygen atoms in total. The molecule has 0 aromatic heterocycles. The highest BCUT2D eigenvalue weighted by molar-refractivity contribution is 5.08. The average Bonchev–Trinajstić information content (AvgIpc) is 2.73. The Balaban J connectivity index is 0.000000249. The van der Waals surface area contributed by atoms with E-state index in [4.69, 9.17) is 18.6 Å². The maximum absolute atomic E-state index is 8.49. The highest BCUT2D eigenvalue weighted by Gasteiger charge is 2.28. The van der Waals surface area contributed by atoms with Crippen molar-refractivity contribution in [1.82, 2.24) is 5.01 Å². The van der Waals surface area contributed by atoms with Gasteiger partial charge in [-0.2, -0.15) is 5.01 Å². The number of halogens is 1. The van der Waals surface area contributed by atoms with Crippen LogP contribution in [0, 0.1) is 16.2 Å². The van der Waals surface area contributed by atoms with E-state index in [1.807, 2.05) is 0 Å². The minimum Gasteiger partial charge on any atom is -0.231 e. The van der Waals surface area contributed by atoms with Crippen LogP contribution in [0.3, 0.4) is 0 Å². The van der Waals surface area contributed by atoms with Crippen molar-refractivity contribution in [2.45, 2.75) is 25.7 Å². The molecule has 2 rings (SSSR count). The number of quaternary nitrogens is 1. The summed E-state index contributed by atoms with van der Waals surface area (Å²) in [5.41, 5.74) is 1.69. The lowest BCUT2D eigenvalue weighted by Gasteiger charge is -2.17. The maximum atomic E-state index is 8.49. The molecule has 1 aliphatic heterocycles. The van der Waals surface area contributed by atoms with E-state index >= 15 is 0 Å². The predicted molar refractivity (Wildman–Crippen MR) is 49.6 cm³/mol. The van der Waals surface area contributed by atoms with Crippen LogP contribution in [0.15, 0.2) is 11.8 Å². The fourth-order valence-corrected chi connectivity index (χ4v) is 2.37. The second kappa shape index (κ2) is 6.10. The van der Waals surface area contributed by atoms with Crippen LogP contribution in [0.4, 0.5) is 0 Å². The number of hydrogen-bond donors (Lipinski definition) is 1. The molecule has 1 fully saturated rings. The van der Waals surface area contributed by atoms with E-state index in [2.05, 4.69) is 25.3 Å². The Morgan fingerprint density at radius 2 is 1.71 bits per heavy atom. The minimum atomic E-state index is -4.94. The SMILES string of the molecule is CN1CC(C2CCCC2)=C[NH+]1C.[O-][Cl+3]([O-])([O-])[O-]. The summed E-state index contributed by atoms with van der Waals surface area (Å²) in [6.07, 6.45) is 8.17. The zero-order valence-corrected chi connectivity index (χ0v) is 10.9. The van der Waals surface area contributed by atoms with Crippen LogP contribution < -0.4 is 23.6 Å². The molecule has 1 saturated carbocycles. The van der Waals surface area contributed by atoms with E-state index in [0.717, 1.165) is 5.92 Å². The van der Waals surface area contributed by atoms with E-state index in [0.29, 0.717) is 0 Å². The molecule has 0 amide bonds. The molecule has 17 heavy (non-hydrogen) atoms. The third-order valence-corrected chi connectivity index (χ3v) is 3.30. The third kappa shape index (κ3) is 5.78. The first-order chi connectivity index (χ1) is 7.77. The van der Waals surface area contributed by atoms with Gasteiger partial charge in [0.1, 0.15) is 6.20 Å². The first-order valence-corrected chi connectivity index (χ1v) is 6.87. The van der Waals surface area contributed by atoms with Gasteiger partial charge in [0.15, 0.2) is 0 Å². The lowest BCUT2D eigenvalue weighted by atomic mass is 9.99. The molecule has 1 atom stereocenters. The zero-order chi connectivity index (χ0) is 13.1. The second-order valence-electron chi connectivity index (χ2n) is 4.58. The van der Waals surface area contributed by atoms with Gasteiger partial charge in [0.05, 0.1) is 13.6 Å². The van der Waals surface area contributed by atoms with Gasteiger partial charge < -0.3 is 0 Å². The van der Waals surface area contributed by atoms with Gasteiger partial charge >= 0.3 is 0 Å². The zero-order valence-electron chi connectivity index (χ0n) is 10.1. The van der Waals surface area contributed by atoms with Crippen LogP contribution >= 0.6 is 0 Å². The van der Waals surface area contributed by atoms with Gasteiger partial charge in [0, 0.05) is 12.6 Å². The molecule has 1 heterocycles. The molecular weight excluding hydrogens is 248 g/mol. The van der Waals surface area contributed by atoms with E-state index in [9.17, 15) is 0 Å². The van der Waals surface area contributed by atoms with Crippen LogP contribution in [0.25, 0.3) is 0 Å². The van der Waals surface area contributed by atoms with Gasteiger partial charge in [-0.3, -0.25) is 0 Å². The van der Waals surface area contributed by atoms with Crippen molar-refractivity contribution in [3.8, 4) is 0 Å². The first kappa shape index (κ1) is 14.8. The number of rotatable bonds is 1. The number of nitrogens with one attached hydrogen (secondary N) is 1. The van der Waals surface area contributed by atoms with E-state index in [1.54, 1.807) is 5.57 Å². The van der Waals surface area contributed by atoms with Crippen molar-refractivity contribution >= 4 is 0 Å². The van der Waals surface area contributed by atoms with Crippen LogP contribution in [0.1, 0.15) is 25.7 Å². The monoisotopic (exact) mass is 266 g/mol. The molecule has 1 aliphatic carbocycles. The van der Waals surface area contributed by atoms with E-state index in [-0.39, 0.29) is 0 Å². The van der Waals surface area contributed by atoms with E-state index < -0.39 is 10.2 Å². The standard InChI is InChI=1S/C10H18N2.ClHO4/c1-11-7-10(8-12(11)2)9-5-3-4-6-9;2-1(3,4)5/h7,9H,3-6,8H2,1-2H3;(H,2,3,4,5). The summed E-state index contributed by atoms with van der Waals surface area (Å²) in [5, 5.41) is 3.80. The van der Waals surface area contributed by atoms with Crippen molar-refractivity contribution in [2.75, 3.05) is 20.6 Å². The lowest BCUT2D eigenvalue weighted by molar-refractivity contribution is -2.00. The summed E-state index contributed by atoms with van der Waals surface area (Å²) < 4.78 is 34.0. The van der Waals surface area contributed by atoms with Gasteiger partial charge in [-0.1, -0.05) is 12.8 Å². The highest BCUT2D eigenvalue weighted by Crippen LogP contribution is 2.31. The molecule has 0 saturated heterocycles. The molecule has 100 valence electrons. The lowest BCUT2D eigenvalue weighted by Crippen LogP contribution is -3.09. The normalized spacial score (nSPS) is 26.7. The highest BCUT2D eigenvalue weighted by atomic mass is 35.7. The van der Waals surface area contributed by atoms with Gasteiger partial charge in [-0.25, -0.2) is 23.6 Å². The molecule has 2 aliphatic rings. The maximum Gasteiger partial charge on any atom is 0.114 e. The van der Waals surface area contributed by atoms with Crippen molar-refractivity contribution in [1.29, 1.82) is 0 Å². The van der Waals surface area contributed by atoms with Gasteiger partial charge in [-0.15, -0.1) is 10.2 Å². The fourth-order valence-electron chi connectivity index (χ4n) is 2.37. The van der Waals surface area contributed by atoms with Crippen LogP contribution in [-0.2, 0) is 0 Å². The smallest absolute Gasteiger partial charge is 0.114 e. The summed E-state index contributed by atoms with van der Waals surface area (Å²) in [5.74, 6) is 0.921. The Hall–Kier alpha value is -0.210. The quantitative estimate of drug-likeness (QED) is 0.517. The van der Waals surface area contributed by atoms with Gasteiger partial charge in [0.25, 0.3) is 0 Å². The Bertz CT molecular complexity index is 268. The molecule has 1 unspecified atom stereocenters. The summed E-state index contributed by atoms with van der Waals surface area (Å²) in [7, 11) is -0.546. The van der Waals surface area contributed by atoms with Crippen LogP contribution in [0.5, 0.6) is 0 Å². The Morgan fingerprint density at radius 1 is 1.24 bits per heavy atom. The summed E-state index contributed by atoms with van der Waals surface area (Å²) in [6, 6.07) is 0. The number of likely N-dealkylation sites (N-methyl/N-ethyl adjacent to an activating group) is 1. The molecular formula is C10H19ClN2O4. The number of hydrogen-bond acceptors (Lipinski definition) is 5. The van der Waals surface area contributed by atoms with Crippen molar-refractivity contribution in [2.24, 2.45) is 5.92 Å². The Morgan fingerprint density at radius 3 is 2.06 bits per heavy atom. The summed E-state index contributed by atoms with van der Waals surface area (Å²) >= 11 is 0. The van der Waals surface area contributed by atoms with Crippen molar-refractivity contribution in [3.63, 3.8) is 0 Å². The van der Waals surface area contributed by atoms with Gasteiger partial charge in [-0.05, 0) is 18.8 Å². The Kier molecular flexibility index (Phi) is 5.33. The van der Waals surface area contributed by atoms with Crippen LogP contribution in [0.2, 0.25) is 0 Å². The topological polar surface area (TPSA) is 99.9 Å². The fraction of sp³-hybridized carbons (Fsp3) is 0.800. The first-order valence-electron chi connectivity index (χ1n) is 5.64. The Labute approximate surface area is 103 Å². The van der Waals surface area contributed by atoms with E-state index in [1.165, 1.54) is 37.2 Å². The van der Waals surface area contributed by atoms with Crippen molar-refractivity contribution in [3.05, 3.63) is 11.8 Å². The minimum absolute atomic E-state index is 0.921. The molecule has 1 N–H and O–H groups in total.